The van der Waals surface area contributed by atoms with Gasteiger partial charge in [0.15, 0.2) is 5.16 Å². The van der Waals surface area contributed by atoms with Crippen molar-refractivity contribution in [1.29, 1.82) is 0 Å². The van der Waals surface area contributed by atoms with E-state index in [-0.39, 0.29) is 29.7 Å². The van der Waals surface area contributed by atoms with Gasteiger partial charge in [0.1, 0.15) is 23.7 Å². The molecule has 3 N–H and O–H groups in total. The third-order valence-corrected chi connectivity index (χ3v) is 7.45. The molecule has 0 aromatic carbocycles. The minimum absolute atomic E-state index is 0.0526. The summed E-state index contributed by atoms with van der Waals surface area (Å²) in [6.07, 6.45) is 3.15. The molecule has 0 aliphatic carbocycles. The smallest absolute Gasteiger partial charge is 0.352 e. The number of carboxylic acids is 1. The lowest BCUT2D eigenvalue weighted by atomic mass is 10.0. The van der Waals surface area contributed by atoms with Gasteiger partial charge in [-0.2, -0.15) is 5.10 Å². The van der Waals surface area contributed by atoms with E-state index in [0.717, 1.165) is 11.8 Å². The zero-order valence-corrected chi connectivity index (χ0v) is 18.9. The van der Waals surface area contributed by atoms with E-state index in [1.54, 1.807) is 19.2 Å². The van der Waals surface area contributed by atoms with E-state index in [0.29, 0.717) is 11.3 Å². The number of carbonyl (C=O) groups excluding carboxylic acids is 2. The number of carbonyl (C=O) groups is 3. The highest BCUT2D eigenvalue weighted by Gasteiger charge is 2.54. The zero-order valence-electron chi connectivity index (χ0n) is 17.3. The molecular weight excluding hydrogens is 474 g/mol. The van der Waals surface area contributed by atoms with Gasteiger partial charge in [-0.15, -0.1) is 16.9 Å². The fourth-order valence-corrected chi connectivity index (χ4v) is 6.01. The average molecular weight is 494 g/mol. The molecule has 15 heteroatoms. The summed E-state index contributed by atoms with van der Waals surface area (Å²) in [5, 5.41) is 22.1. The number of aromatic amines is 1. The third-order valence-electron chi connectivity index (χ3n) is 5.05. The van der Waals surface area contributed by atoms with Crippen LogP contribution in [0, 0.1) is 0 Å². The highest BCUT2D eigenvalue weighted by molar-refractivity contribution is 8.01. The Hall–Kier alpha value is -3.33. The monoisotopic (exact) mass is 493 g/mol. The van der Waals surface area contributed by atoms with Gasteiger partial charge in [-0.05, 0) is 18.6 Å². The van der Waals surface area contributed by atoms with Crippen LogP contribution < -0.4 is 16.4 Å². The SMILES string of the molecule is CCn1c(SCC2=C(C(=O)O)N3C(=O)[C@@H](NC(=O)Cn4cccn4)[C@H]3SC2)n[nH]c(=O)c1=O. The van der Waals surface area contributed by atoms with E-state index in [1.165, 1.54) is 32.1 Å². The van der Waals surface area contributed by atoms with Crippen LogP contribution in [-0.2, 0) is 27.5 Å². The number of amides is 2. The number of carboxylic acid groups (broad SMARTS) is 1. The maximum atomic E-state index is 12.7. The summed E-state index contributed by atoms with van der Waals surface area (Å²) in [6, 6.07) is 0.847. The first kappa shape index (κ1) is 22.8. The topological polar surface area (TPSA) is 172 Å². The Labute approximate surface area is 194 Å². The highest BCUT2D eigenvalue weighted by Crippen LogP contribution is 2.41. The van der Waals surface area contributed by atoms with Crippen molar-refractivity contribution in [2.75, 3.05) is 11.5 Å². The van der Waals surface area contributed by atoms with Gasteiger partial charge in [0.25, 0.3) is 5.91 Å². The first-order chi connectivity index (χ1) is 15.8. The second kappa shape index (κ2) is 9.27. The number of fused-ring (bicyclic) bond motifs is 1. The van der Waals surface area contributed by atoms with E-state index in [1.807, 2.05) is 0 Å². The van der Waals surface area contributed by atoms with E-state index in [2.05, 4.69) is 20.6 Å². The van der Waals surface area contributed by atoms with E-state index in [9.17, 15) is 29.1 Å². The molecule has 13 nitrogen and oxygen atoms in total. The number of thioether (sulfide) groups is 2. The Kier molecular flexibility index (Phi) is 6.42. The van der Waals surface area contributed by atoms with Crippen LogP contribution in [0.3, 0.4) is 0 Å². The summed E-state index contributed by atoms with van der Waals surface area (Å²) in [5.41, 5.74) is -1.24. The minimum Gasteiger partial charge on any atom is -0.477 e. The molecule has 0 bridgehead atoms. The first-order valence-electron chi connectivity index (χ1n) is 9.81. The molecule has 2 aromatic rings. The van der Waals surface area contributed by atoms with Crippen LogP contribution in [-0.4, -0.2) is 75.3 Å². The summed E-state index contributed by atoms with van der Waals surface area (Å²) in [5.74, 6) is -1.70. The van der Waals surface area contributed by atoms with Crippen LogP contribution >= 0.6 is 23.5 Å². The lowest BCUT2D eigenvalue weighted by Crippen LogP contribution is -2.70. The number of aliphatic carboxylic acids is 1. The van der Waals surface area contributed by atoms with Crippen LogP contribution in [0.2, 0.25) is 0 Å². The summed E-state index contributed by atoms with van der Waals surface area (Å²) in [7, 11) is 0. The molecule has 33 heavy (non-hydrogen) atoms. The van der Waals surface area contributed by atoms with Crippen molar-refractivity contribution in [1.82, 2.24) is 34.8 Å². The van der Waals surface area contributed by atoms with Gasteiger partial charge in [0.2, 0.25) is 5.91 Å². The number of hydrogen-bond acceptors (Lipinski definition) is 9. The summed E-state index contributed by atoms with van der Waals surface area (Å²) < 4.78 is 2.62. The summed E-state index contributed by atoms with van der Waals surface area (Å²) >= 11 is 2.44. The average Bonchev–Trinajstić information content (AvgIpc) is 3.30. The molecule has 2 aliphatic rings. The predicted octanol–water partition coefficient (Wildman–Crippen LogP) is -1.32. The number of rotatable bonds is 8. The lowest BCUT2D eigenvalue weighted by Gasteiger charge is -2.49. The molecule has 0 radical (unpaired) electrons. The maximum Gasteiger partial charge on any atom is 0.352 e. The predicted molar refractivity (Wildman–Crippen MR) is 117 cm³/mol. The van der Waals surface area contributed by atoms with Crippen molar-refractivity contribution in [3.8, 4) is 0 Å². The molecule has 2 aliphatic heterocycles. The highest BCUT2D eigenvalue weighted by atomic mass is 32.2. The molecule has 2 atom stereocenters. The largest absolute Gasteiger partial charge is 0.477 e. The molecule has 0 spiro atoms. The standard InChI is InChI=1S/C18H19N7O6S2/c1-2-24-15(29)13(27)21-22-18(24)33-8-9-7-32-16-11(14(28)25(16)12(9)17(30)31)20-10(26)6-23-5-3-4-19-23/h3-5,11,16H,2,6-8H2,1H3,(H,20,26)(H,21,27)(H,30,31)/t11-,16-/m1/s1. The van der Waals surface area contributed by atoms with Gasteiger partial charge in [0, 0.05) is 30.4 Å². The number of hydrogen-bond donors (Lipinski definition) is 3. The van der Waals surface area contributed by atoms with Gasteiger partial charge in [-0.1, -0.05) is 11.8 Å². The molecule has 4 heterocycles. The van der Waals surface area contributed by atoms with Crippen molar-refractivity contribution in [3.63, 3.8) is 0 Å². The molecule has 0 saturated carbocycles. The maximum absolute atomic E-state index is 12.7. The fourth-order valence-electron chi connectivity index (χ4n) is 3.51. The van der Waals surface area contributed by atoms with Gasteiger partial charge < -0.3 is 10.4 Å². The van der Waals surface area contributed by atoms with Crippen molar-refractivity contribution >= 4 is 41.3 Å². The van der Waals surface area contributed by atoms with Crippen molar-refractivity contribution < 1.29 is 19.5 Å². The summed E-state index contributed by atoms with van der Waals surface area (Å²) in [6.45, 7) is 1.86. The Balaban J connectivity index is 1.49. The molecule has 1 fully saturated rings. The molecule has 2 aromatic heterocycles. The van der Waals surface area contributed by atoms with Crippen LogP contribution in [0.4, 0.5) is 0 Å². The molecule has 4 rings (SSSR count). The van der Waals surface area contributed by atoms with Crippen LogP contribution in [0.1, 0.15) is 6.92 Å². The van der Waals surface area contributed by atoms with E-state index in [4.69, 9.17) is 0 Å². The van der Waals surface area contributed by atoms with Crippen molar-refractivity contribution in [2.24, 2.45) is 0 Å². The minimum atomic E-state index is -1.26. The zero-order chi connectivity index (χ0) is 23.7. The second-order valence-electron chi connectivity index (χ2n) is 7.09. The number of β-lactam (4-membered cyclic amide) rings is 1. The first-order valence-corrected chi connectivity index (χ1v) is 11.8. The quantitative estimate of drug-likeness (QED) is 0.227. The van der Waals surface area contributed by atoms with Crippen LogP contribution in [0.25, 0.3) is 0 Å². The fraction of sp³-hybridized carbons (Fsp3) is 0.389. The van der Waals surface area contributed by atoms with Gasteiger partial charge in [-0.3, -0.25) is 33.3 Å². The van der Waals surface area contributed by atoms with E-state index >= 15 is 0 Å². The molecular formula is C18H19N7O6S2. The molecule has 174 valence electrons. The second-order valence-corrected chi connectivity index (χ2v) is 9.14. The number of H-pyrrole nitrogens is 1. The Bertz CT molecular complexity index is 1250. The van der Waals surface area contributed by atoms with Crippen LogP contribution in [0.5, 0.6) is 0 Å². The normalized spacial score (nSPS) is 19.8. The number of nitrogens with one attached hydrogen (secondary N) is 2. The van der Waals surface area contributed by atoms with E-state index < -0.39 is 40.3 Å². The Morgan fingerprint density at radius 3 is 2.82 bits per heavy atom. The molecule has 0 unspecified atom stereocenters. The molecule has 1 saturated heterocycles. The molecule has 2 amide bonds. The third kappa shape index (κ3) is 4.32. The van der Waals surface area contributed by atoms with Gasteiger partial charge >= 0.3 is 17.1 Å². The van der Waals surface area contributed by atoms with Crippen molar-refractivity contribution in [3.05, 3.63) is 50.4 Å². The Morgan fingerprint density at radius 1 is 1.36 bits per heavy atom. The number of aromatic nitrogens is 5. The van der Waals surface area contributed by atoms with Crippen molar-refractivity contribution in [2.45, 2.75) is 36.6 Å². The van der Waals surface area contributed by atoms with Crippen LogP contribution in [0.15, 0.2) is 44.5 Å². The Morgan fingerprint density at radius 2 is 2.15 bits per heavy atom. The number of nitrogens with zero attached hydrogens (tertiary/aromatic N) is 5. The lowest BCUT2D eigenvalue weighted by molar-refractivity contribution is -0.150. The summed E-state index contributed by atoms with van der Waals surface area (Å²) in [4.78, 5) is 61.6. The van der Waals surface area contributed by atoms with Gasteiger partial charge in [0.05, 0.1) is 0 Å². The van der Waals surface area contributed by atoms with Gasteiger partial charge in [-0.25, -0.2) is 9.89 Å².